The zero-order valence-electron chi connectivity index (χ0n) is 24.5. The molecule has 5 rings (SSSR count). The van der Waals surface area contributed by atoms with Gasteiger partial charge in [0.2, 0.25) is 5.91 Å². The summed E-state index contributed by atoms with van der Waals surface area (Å²) >= 11 is 6.23. The van der Waals surface area contributed by atoms with Gasteiger partial charge >= 0.3 is 0 Å². The van der Waals surface area contributed by atoms with E-state index in [4.69, 9.17) is 0 Å². The number of nitrogens with zero attached hydrogens (tertiary/aromatic N) is 1. The van der Waals surface area contributed by atoms with Crippen molar-refractivity contribution in [3.8, 4) is 11.3 Å². The van der Waals surface area contributed by atoms with E-state index in [1.54, 1.807) is 48.5 Å². The number of halogens is 1. The molecular weight excluding hydrogens is 668 g/mol. The van der Waals surface area contributed by atoms with Crippen molar-refractivity contribution < 1.29 is 14.4 Å². The molecule has 0 aliphatic rings. The number of anilines is 2. The maximum absolute atomic E-state index is 13.4. The van der Waals surface area contributed by atoms with E-state index in [1.807, 2.05) is 74.5 Å². The average molecular weight is 698 g/mol. The normalized spacial score (nSPS) is 11.1. The molecule has 1 aromatic heterocycles. The van der Waals surface area contributed by atoms with E-state index in [0.29, 0.717) is 16.4 Å². The topological polar surface area (TPSA) is 100 Å². The highest BCUT2D eigenvalue weighted by Gasteiger charge is 2.16. The van der Waals surface area contributed by atoms with Crippen LogP contribution < -0.4 is 16.0 Å². The van der Waals surface area contributed by atoms with Crippen LogP contribution in [0.3, 0.4) is 0 Å². The molecule has 0 unspecified atom stereocenters. The quantitative estimate of drug-likeness (QED) is 0.101. The standard InChI is InChI=1S/C35H29BrN4O3S2/c1-22-14-16-25(17-15-22)32-23(2)45-35(40-32)39-31(41)21-44-29-13-7-12-28(20-29)37-34(43)30(19-24-8-6-11-27(36)18-24)38-33(42)26-9-4-3-5-10-26/h3-20H,21H2,1-2H3,(H,37,43)(H,38,42)(H,39,40,41)/b30-19+. The van der Waals surface area contributed by atoms with Crippen molar-refractivity contribution in [3.05, 3.63) is 135 Å². The molecule has 0 saturated carbocycles. The second kappa shape index (κ2) is 15.0. The second-order valence-corrected chi connectivity index (χ2v) is 13.2. The molecule has 0 radical (unpaired) electrons. The molecule has 1 heterocycles. The van der Waals surface area contributed by atoms with E-state index in [1.165, 1.54) is 28.7 Å². The highest BCUT2D eigenvalue weighted by atomic mass is 79.9. The van der Waals surface area contributed by atoms with Gasteiger partial charge in [-0.15, -0.1) is 23.1 Å². The molecule has 0 atom stereocenters. The number of hydrogen-bond acceptors (Lipinski definition) is 6. The van der Waals surface area contributed by atoms with Crippen LogP contribution in [0.1, 0.15) is 26.4 Å². The fraction of sp³-hybridized carbons (Fsp3) is 0.0857. The number of aromatic nitrogens is 1. The van der Waals surface area contributed by atoms with Gasteiger partial charge in [-0.05, 0) is 68.0 Å². The van der Waals surface area contributed by atoms with Crippen molar-refractivity contribution in [2.75, 3.05) is 16.4 Å². The predicted octanol–water partition coefficient (Wildman–Crippen LogP) is 8.33. The van der Waals surface area contributed by atoms with Gasteiger partial charge in [0.1, 0.15) is 5.70 Å². The molecule has 5 aromatic rings. The van der Waals surface area contributed by atoms with Crippen LogP contribution in [-0.2, 0) is 9.59 Å². The number of carbonyl (C=O) groups is 3. The highest BCUT2D eigenvalue weighted by molar-refractivity contribution is 9.10. The molecule has 7 nitrogen and oxygen atoms in total. The van der Waals surface area contributed by atoms with E-state index in [9.17, 15) is 14.4 Å². The Labute approximate surface area is 278 Å². The third kappa shape index (κ3) is 9.01. The summed E-state index contributed by atoms with van der Waals surface area (Å²) in [5.74, 6) is -0.898. The Hall–Kier alpha value is -4.51. The number of hydrogen-bond donors (Lipinski definition) is 3. The molecule has 0 aliphatic carbocycles. The van der Waals surface area contributed by atoms with Crippen LogP contribution in [0.15, 0.2) is 118 Å². The van der Waals surface area contributed by atoms with Crippen LogP contribution in [0, 0.1) is 13.8 Å². The van der Waals surface area contributed by atoms with Crippen LogP contribution in [0.4, 0.5) is 10.8 Å². The number of rotatable bonds is 10. The lowest BCUT2D eigenvalue weighted by Crippen LogP contribution is -2.30. The van der Waals surface area contributed by atoms with E-state index in [0.717, 1.165) is 31.1 Å². The Morgan fingerprint density at radius 1 is 0.867 bits per heavy atom. The summed E-state index contributed by atoms with van der Waals surface area (Å²) in [6.07, 6.45) is 1.62. The summed E-state index contributed by atoms with van der Waals surface area (Å²) < 4.78 is 0.843. The summed E-state index contributed by atoms with van der Waals surface area (Å²) in [5, 5.41) is 9.08. The third-order valence-electron chi connectivity index (χ3n) is 6.52. The molecular formula is C35H29BrN4O3S2. The number of nitrogens with one attached hydrogen (secondary N) is 3. The molecule has 45 heavy (non-hydrogen) atoms. The first-order valence-electron chi connectivity index (χ1n) is 14.0. The van der Waals surface area contributed by atoms with Crippen molar-refractivity contribution in [2.45, 2.75) is 18.7 Å². The largest absolute Gasteiger partial charge is 0.321 e. The molecule has 0 fully saturated rings. The minimum atomic E-state index is -0.484. The minimum Gasteiger partial charge on any atom is -0.321 e. The first kappa shape index (κ1) is 31.9. The fourth-order valence-corrected chi connectivity index (χ4v) is 6.32. The second-order valence-electron chi connectivity index (χ2n) is 10.0. The van der Waals surface area contributed by atoms with E-state index in [-0.39, 0.29) is 17.4 Å². The van der Waals surface area contributed by atoms with E-state index >= 15 is 0 Å². The monoisotopic (exact) mass is 696 g/mol. The average Bonchev–Trinajstić information content (AvgIpc) is 3.40. The fourth-order valence-electron chi connectivity index (χ4n) is 4.30. The number of amides is 3. The molecule has 3 N–H and O–H groups in total. The summed E-state index contributed by atoms with van der Waals surface area (Å²) in [6.45, 7) is 4.03. The molecule has 10 heteroatoms. The smallest absolute Gasteiger partial charge is 0.272 e. The highest BCUT2D eigenvalue weighted by Crippen LogP contribution is 2.31. The van der Waals surface area contributed by atoms with Gasteiger partial charge < -0.3 is 16.0 Å². The summed E-state index contributed by atoms with van der Waals surface area (Å²) in [7, 11) is 0. The van der Waals surface area contributed by atoms with Crippen LogP contribution in [-0.4, -0.2) is 28.5 Å². The van der Waals surface area contributed by atoms with Crippen molar-refractivity contribution in [2.24, 2.45) is 0 Å². The van der Waals surface area contributed by atoms with Crippen LogP contribution >= 0.6 is 39.0 Å². The molecule has 3 amide bonds. The summed E-state index contributed by atoms with van der Waals surface area (Å²) in [6, 6.07) is 31.5. The Bertz CT molecular complexity index is 1870. The Morgan fingerprint density at radius 2 is 1.62 bits per heavy atom. The predicted molar refractivity (Wildman–Crippen MR) is 187 cm³/mol. The van der Waals surface area contributed by atoms with Gasteiger partial charge in [-0.1, -0.05) is 82.2 Å². The number of aryl methyl sites for hydroxylation is 2. The summed E-state index contributed by atoms with van der Waals surface area (Å²) in [5.41, 5.74) is 4.83. The number of benzene rings is 4. The zero-order valence-corrected chi connectivity index (χ0v) is 27.7. The van der Waals surface area contributed by atoms with E-state index in [2.05, 4.69) is 36.9 Å². The van der Waals surface area contributed by atoms with Gasteiger partial charge in [0.25, 0.3) is 11.8 Å². The van der Waals surface area contributed by atoms with Gasteiger partial charge in [-0.3, -0.25) is 14.4 Å². The lowest BCUT2D eigenvalue weighted by atomic mass is 10.1. The Morgan fingerprint density at radius 3 is 2.38 bits per heavy atom. The van der Waals surface area contributed by atoms with Crippen LogP contribution in [0.2, 0.25) is 0 Å². The molecule has 226 valence electrons. The molecule has 4 aromatic carbocycles. The summed E-state index contributed by atoms with van der Waals surface area (Å²) in [4.78, 5) is 45.6. The molecule has 0 aliphatic heterocycles. The minimum absolute atomic E-state index is 0.0862. The van der Waals surface area contributed by atoms with Gasteiger partial charge in [0.05, 0.1) is 11.4 Å². The molecule has 0 spiro atoms. The van der Waals surface area contributed by atoms with E-state index < -0.39 is 11.8 Å². The van der Waals surface area contributed by atoms with Crippen LogP contribution in [0.5, 0.6) is 0 Å². The third-order valence-corrected chi connectivity index (χ3v) is 8.89. The number of carbonyl (C=O) groups excluding carboxylic acids is 3. The van der Waals surface area contributed by atoms with Crippen molar-refractivity contribution in [1.82, 2.24) is 10.3 Å². The Balaban J connectivity index is 1.23. The zero-order chi connectivity index (χ0) is 31.8. The Kier molecular flexibility index (Phi) is 10.6. The van der Waals surface area contributed by atoms with Crippen molar-refractivity contribution >= 4 is 73.6 Å². The van der Waals surface area contributed by atoms with Crippen molar-refractivity contribution in [1.29, 1.82) is 0 Å². The maximum Gasteiger partial charge on any atom is 0.272 e. The van der Waals surface area contributed by atoms with Gasteiger partial charge in [0.15, 0.2) is 5.13 Å². The number of thioether (sulfide) groups is 1. The maximum atomic E-state index is 13.4. The first-order valence-corrected chi connectivity index (χ1v) is 16.6. The van der Waals surface area contributed by atoms with Gasteiger partial charge in [-0.25, -0.2) is 4.98 Å². The lowest BCUT2D eigenvalue weighted by Gasteiger charge is -2.12. The first-order chi connectivity index (χ1) is 21.7. The van der Waals surface area contributed by atoms with Crippen molar-refractivity contribution in [3.63, 3.8) is 0 Å². The van der Waals surface area contributed by atoms with Gasteiger partial charge in [0, 0.05) is 31.1 Å². The van der Waals surface area contributed by atoms with Gasteiger partial charge in [-0.2, -0.15) is 0 Å². The molecule has 0 bridgehead atoms. The molecule has 0 saturated heterocycles. The SMILES string of the molecule is Cc1ccc(-c2nc(NC(=O)CSc3cccc(NC(=O)/C(=C\c4cccc(Br)c4)NC(=O)c4ccccc4)c3)sc2C)cc1. The lowest BCUT2D eigenvalue weighted by molar-refractivity contribution is -0.114. The van der Waals surface area contributed by atoms with Crippen LogP contribution in [0.25, 0.3) is 17.3 Å². The number of thiazole rings is 1.